The molecule has 7 heteroatoms. The third kappa shape index (κ3) is 6.69. The van der Waals surface area contributed by atoms with Crippen molar-refractivity contribution in [3.8, 4) is 11.5 Å². The zero-order valence-corrected chi connectivity index (χ0v) is 16.9. The Labute approximate surface area is 166 Å². The molecule has 1 amide bonds. The Kier molecular flexibility index (Phi) is 7.94. The van der Waals surface area contributed by atoms with Crippen LogP contribution in [0.1, 0.15) is 25.8 Å². The predicted molar refractivity (Wildman–Crippen MR) is 107 cm³/mol. The highest BCUT2D eigenvalue weighted by molar-refractivity contribution is 9.10. The van der Waals surface area contributed by atoms with E-state index in [0.29, 0.717) is 16.5 Å². The van der Waals surface area contributed by atoms with Gasteiger partial charge in [-0.2, -0.15) is 5.10 Å². The summed E-state index contributed by atoms with van der Waals surface area (Å²) in [6.07, 6.45) is 2.50. The van der Waals surface area contributed by atoms with Crippen molar-refractivity contribution in [2.24, 2.45) is 5.10 Å². The van der Waals surface area contributed by atoms with Crippen LogP contribution in [0.5, 0.6) is 11.5 Å². The monoisotopic (exact) mass is 438 g/mol. The van der Waals surface area contributed by atoms with Crippen LogP contribution in [0, 0.1) is 0 Å². The lowest BCUT2D eigenvalue weighted by atomic mass is 10.2. The van der Waals surface area contributed by atoms with E-state index in [1.54, 1.807) is 24.3 Å². The first kappa shape index (κ1) is 20.3. The van der Waals surface area contributed by atoms with Gasteiger partial charge in [-0.3, -0.25) is 4.79 Å². The van der Waals surface area contributed by atoms with Gasteiger partial charge in [-0.15, -0.1) is 0 Å². The Morgan fingerprint density at radius 1 is 1.31 bits per heavy atom. The molecule has 0 saturated carbocycles. The van der Waals surface area contributed by atoms with Gasteiger partial charge in [-0.1, -0.05) is 34.5 Å². The van der Waals surface area contributed by atoms with Crippen molar-refractivity contribution in [3.63, 3.8) is 0 Å². The van der Waals surface area contributed by atoms with E-state index in [-0.39, 0.29) is 18.6 Å². The Morgan fingerprint density at radius 3 is 2.69 bits per heavy atom. The molecule has 0 aromatic heterocycles. The second-order valence-corrected chi connectivity index (χ2v) is 6.89. The number of halogens is 2. The van der Waals surface area contributed by atoms with E-state index in [9.17, 15) is 4.79 Å². The molecule has 0 radical (unpaired) electrons. The van der Waals surface area contributed by atoms with E-state index < -0.39 is 0 Å². The van der Waals surface area contributed by atoms with E-state index in [1.165, 1.54) is 6.21 Å². The molecule has 2 aromatic carbocycles. The van der Waals surface area contributed by atoms with E-state index in [4.69, 9.17) is 21.1 Å². The van der Waals surface area contributed by atoms with Crippen LogP contribution in [-0.2, 0) is 4.79 Å². The number of hydrogen-bond donors (Lipinski definition) is 1. The lowest BCUT2D eigenvalue weighted by Gasteiger charge is -2.13. The van der Waals surface area contributed by atoms with Crippen LogP contribution in [0.25, 0.3) is 0 Å². The van der Waals surface area contributed by atoms with Crippen molar-refractivity contribution in [3.05, 3.63) is 57.5 Å². The first-order chi connectivity index (χ1) is 12.5. The topological polar surface area (TPSA) is 59.9 Å². The van der Waals surface area contributed by atoms with E-state index >= 15 is 0 Å². The molecule has 0 saturated heterocycles. The van der Waals surface area contributed by atoms with Crippen molar-refractivity contribution < 1.29 is 14.3 Å². The fraction of sp³-hybridized carbons (Fsp3) is 0.263. The number of carbonyl (C=O) groups is 1. The molecule has 26 heavy (non-hydrogen) atoms. The molecule has 138 valence electrons. The van der Waals surface area contributed by atoms with Gasteiger partial charge in [-0.05, 0) is 61.4 Å². The number of amides is 1. The Hall–Kier alpha value is -2.05. The van der Waals surface area contributed by atoms with Crippen LogP contribution >= 0.6 is 27.5 Å². The van der Waals surface area contributed by atoms with Crippen molar-refractivity contribution in [2.45, 2.75) is 26.4 Å². The van der Waals surface area contributed by atoms with Gasteiger partial charge in [0, 0.05) is 4.47 Å². The summed E-state index contributed by atoms with van der Waals surface area (Å²) in [6.45, 7) is 3.90. The number of carbonyl (C=O) groups excluding carboxylic acids is 1. The van der Waals surface area contributed by atoms with Crippen LogP contribution in [-0.4, -0.2) is 24.8 Å². The Balaban J connectivity index is 1.82. The van der Waals surface area contributed by atoms with Gasteiger partial charge < -0.3 is 9.47 Å². The van der Waals surface area contributed by atoms with Crippen LogP contribution < -0.4 is 14.9 Å². The molecule has 5 nitrogen and oxygen atoms in total. The molecule has 0 aliphatic carbocycles. The zero-order chi connectivity index (χ0) is 18.9. The predicted octanol–water partition coefficient (Wildman–Crippen LogP) is 4.81. The van der Waals surface area contributed by atoms with Crippen molar-refractivity contribution in [1.82, 2.24) is 5.43 Å². The minimum Gasteiger partial charge on any atom is -0.489 e. The third-order valence-electron chi connectivity index (χ3n) is 3.45. The van der Waals surface area contributed by atoms with E-state index in [0.717, 1.165) is 16.5 Å². The second kappa shape index (κ2) is 10.2. The summed E-state index contributed by atoms with van der Waals surface area (Å²) < 4.78 is 12.0. The molecular formula is C19H20BrClN2O3. The molecule has 1 N–H and O–H groups in total. The molecule has 2 rings (SSSR count). The van der Waals surface area contributed by atoms with Gasteiger partial charge >= 0.3 is 0 Å². The minimum atomic E-state index is -0.355. The number of nitrogens with one attached hydrogen (secondary N) is 1. The summed E-state index contributed by atoms with van der Waals surface area (Å²) in [6, 6.07) is 12.5. The van der Waals surface area contributed by atoms with Gasteiger partial charge in [-0.25, -0.2) is 5.43 Å². The van der Waals surface area contributed by atoms with Gasteiger partial charge in [0.15, 0.2) is 6.61 Å². The standard InChI is InChI=1S/C19H20BrClN2O3/c1-3-13(2)26-18-9-4-14(10-17(18)21)11-22-23-19(24)12-25-16-7-5-15(20)6-8-16/h4-11,13H,3,12H2,1-2H3,(H,23,24)/b22-11-/t13-/m0/s1. The van der Waals surface area contributed by atoms with Crippen molar-refractivity contribution >= 4 is 39.7 Å². The van der Waals surface area contributed by atoms with Crippen LogP contribution in [0.2, 0.25) is 5.02 Å². The number of ether oxygens (including phenoxy) is 2. The molecular weight excluding hydrogens is 420 g/mol. The first-order valence-corrected chi connectivity index (χ1v) is 9.31. The number of nitrogens with zero attached hydrogens (tertiary/aromatic N) is 1. The summed E-state index contributed by atoms with van der Waals surface area (Å²) in [5.41, 5.74) is 3.16. The van der Waals surface area contributed by atoms with Gasteiger partial charge in [0.1, 0.15) is 11.5 Å². The van der Waals surface area contributed by atoms with E-state index in [2.05, 4.69) is 26.5 Å². The average molecular weight is 440 g/mol. The highest BCUT2D eigenvalue weighted by Crippen LogP contribution is 2.26. The molecule has 0 fully saturated rings. The fourth-order valence-corrected chi connectivity index (χ4v) is 2.38. The number of hydrazone groups is 1. The smallest absolute Gasteiger partial charge is 0.277 e. The van der Waals surface area contributed by atoms with Crippen LogP contribution in [0.4, 0.5) is 0 Å². The lowest BCUT2D eigenvalue weighted by molar-refractivity contribution is -0.123. The Morgan fingerprint density at radius 2 is 2.04 bits per heavy atom. The number of benzene rings is 2. The molecule has 0 aliphatic heterocycles. The van der Waals surface area contributed by atoms with Crippen molar-refractivity contribution in [1.29, 1.82) is 0 Å². The fourth-order valence-electron chi connectivity index (χ4n) is 1.88. The average Bonchev–Trinajstić information content (AvgIpc) is 2.63. The number of rotatable bonds is 8. The maximum Gasteiger partial charge on any atom is 0.277 e. The molecule has 0 bridgehead atoms. The molecule has 0 aliphatic rings. The Bertz CT molecular complexity index is 766. The summed E-state index contributed by atoms with van der Waals surface area (Å²) >= 11 is 9.54. The second-order valence-electron chi connectivity index (χ2n) is 5.56. The zero-order valence-electron chi connectivity index (χ0n) is 14.5. The largest absolute Gasteiger partial charge is 0.489 e. The summed E-state index contributed by atoms with van der Waals surface area (Å²) in [5.74, 6) is 0.882. The molecule has 0 unspecified atom stereocenters. The molecule has 0 spiro atoms. The summed E-state index contributed by atoms with van der Waals surface area (Å²) in [5, 5.41) is 4.40. The van der Waals surface area contributed by atoms with Gasteiger partial charge in [0.25, 0.3) is 5.91 Å². The quantitative estimate of drug-likeness (QED) is 0.474. The highest BCUT2D eigenvalue weighted by Gasteiger charge is 2.06. The summed E-state index contributed by atoms with van der Waals surface area (Å²) in [7, 11) is 0. The minimum absolute atomic E-state index is 0.0945. The lowest BCUT2D eigenvalue weighted by Crippen LogP contribution is -2.24. The highest BCUT2D eigenvalue weighted by atomic mass is 79.9. The summed E-state index contributed by atoms with van der Waals surface area (Å²) in [4.78, 5) is 11.7. The maximum atomic E-state index is 11.7. The van der Waals surface area contributed by atoms with Gasteiger partial charge in [0.05, 0.1) is 17.3 Å². The normalized spacial score (nSPS) is 12.0. The van der Waals surface area contributed by atoms with Gasteiger partial charge in [0.2, 0.25) is 0 Å². The van der Waals surface area contributed by atoms with Crippen LogP contribution in [0.3, 0.4) is 0 Å². The van der Waals surface area contributed by atoms with Crippen LogP contribution in [0.15, 0.2) is 52.0 Å². The van der Waals surface area contributed by atoms with E-state index in [1.807, 2.05) is 32.0 Å². The third-order valence-corrected chi connectivity index (χ3v) is 4.27. The molecule has 1 atom stereocenters. The first-order valence-electron chi connectivity index (χ1n) is 8.14. The van der Waals surface area contributed by atoms with Crippen molar-refractivity contribution in [2.75, 3.05) is 6.61 Å². The SMILES string of the molecule is CC[C@H](C)Oc1ccc(/C=N\NC(=O)COc2ccc(Br)cc2)cc1Cl. The molecule has 2 aromatic rings. The number of hydrogen-bond acceptors (Lipinski definition) is 4. The molecule has 0 heterocycles. The maximum absolute atomic E-state index is 11.7.